The highest BCUT2D eigenvalue weighted by molar-refractivity contribution is 7.09. The molecule has 1 aromatic heterocycles. The average molecular weight is 238 g/mol. The maximum Gasteiger partial charge on any atom is 0.0797 e. The van der Waals surface area contributed by atoms with Crippen molar-refractivity contribution in [3.05, 3.63) is 16.1 Å². The van der Waals surface area contributed by atoms with Crippen molar-refractivity contribution in [3.8, 4) is 6.07 Å². The lowest BCUT2D eigenvalue weighted by Gasteiger charge is -2.14. The van der Waals surface area contributed by atoms with Crippen LogP contribution in [0, 0.1) is 23.7 Å². The van der Waals surface area contributed by atoms with E-state index < -0.39 is 0 Å². The lowest BCUT2D eigenvalue weighted by molar-refractivity contribution is 0.118. The minimum absolute atomic E-state index is 0.277. The van der Waals surface area contributed by atoms with Gasteiger partial charge in [-0.3, -0.25) is 0 Å². The fraction of sp³-hybridized carbons (Fsp3) is 0.667. The van der Waals surface area contributed by atoms with E-state index in [-0.39, 0.29) is 5.41 Å². The van der Waals surface area contributed by atoms with Crippen molar-refractivity contribution in [1.82, 2.24) is 4.98 Å². The van der Waals surface area contributed by atoms with Crippen LogP contribution in [0.25, 0.3) is 0 Å². The number of rotatable bonds is 6. The molecule has 1 heterocycles. The highest BCUT2D eigenvalue weighted by Crippen LogP contribution is 2.18. The van der Waals surface area contributed by atoms with Crippen molar-refractivity contribution in [3.63, 3.8) is 0 Å². The standard InChI is InChI=1S/C12H18N2OS/c1-10-11(16-9-14-10)4-6-15-7-5-12(2,3)8-13/h9H,4-7H2,1-3H3. The number of hydrogen-bond acceptors (Lipinski definition) is 4. The van der Waals surface area contributed by atoms with E-state index in [1.54, 1.807) is 11.3 Å². The molecule has 16 heavy (non-hydrogen) atoms. The summed E-state index contributed by atoms with van der Waals surface area (Å²) in [4.78, 5) is 5.48. The summed E-state index contributed by atoms with van der Waals surface area (Å²) in [7, 11) is 0. The third kappa shape index (κ3) is 4.30. The molecule has 0 saturated carbocycles. The van der Waals surface area contributed by atoms with Gasteiger partial charge in [0.15, 0.2) is 0 Å². The molecule has 0 radical (unpaired) electrons. The molecule has 0 unspecified atom stereocenters. The van der Waals surface area contributed by atoms with Gasteiger partial charge in [-0.05, 0) is 27.2 Å². The predicted molar refractivity (Wildman–Crippen MR) is 65.4 cm³/mol. The number of ether oxygens (including phenoxy) is 1. The van der Waals surface area contributed by atoms with Crippen LogP contribution in [0.4, 0.5) is 0 Å². The Balaban J connectivity index is 2.14. The number of aromatic nitrogens is 1. The molecular weight excluding hydrogens is 220 g/mol. The maximum atomic E-state index is 8.83. The van der Waals surface area contributed by atoms with Crippen molar-refractivity contribution in [1.29, 1.82) is 5.26 Å². The number of thiazole rings is 1. The van der Waals surface area contributed by atoms with Gasteiger partial charge in [-0.2, -0.15) is 5.26 Å². The third-order valence-electron chi connectivity index (χ3n) is 2.49. The van der Waals surface area contributed by atoms with E-state index in [9.17, 15) is 0 Å². The molecule has 1 rings (SSSR count). The lowest BCUT2D eigenvalue weighted by Crippen LogP contribution is -2.12. The summed E-state index contributed by atoms with van der Waals surface area (Å²) in [5.74, 6) is 0. The summed E-state index contributed by atoms with van der Waals surface area (Å²) >= 11 is 1.67. The second-order valence-corrected chi connectivity index (χ2v) is 5.41. The molecule has 0 fully saturated rings. The first-order valence-electron chi connectivity index (χ1n) is 5.43. The summed E-state index contributed by atoms with van der Waals surface area (Å²) in [5.41, 5.74) is 2.69. The zero-order valence-electron chi connectivity index (χ0n) is 10.1. The second-order valence-electron chi connectivity index (χ2n) is 4.47. The molecule has 88 valence electrons. The lowest BCUT2D eigenvalue weighted by atomic mass is 9.92. The van der Waals surface area contributed by atoms with E-state index in [4.69, 9.17) is 10.00 Å². The molecule has 0 aliphatic rings. The quantitative estimate of drug-likeness (QED) is 0.716. The fourth-order valence-corrected chi connectivity index (χ4v) is 1.98. The fourth-order valence-electron chi connectivity index (χ4n) is 1.22. The van der Waals surface area contributed by atoms with E-state index in [2.05, 4.69) is 11.1 Å². The van der Waals surface area contributed by atoms with Crippen molar-refractivity contribution >= 4 is 11.3 Å². The molecule has 0 atom stereocenters. The van der Waals surface area contributed by atoms with Crippen LogP contribution in [0.3, 0.4) is 0 Å². The topological polar surface area (TPSA) is 45.9 Å². The van der Waals surface area contributed by atoms with Crippen LogP contribution in [-0.2, 0) is 11.2 Å². The Labute approximate surface area is 101 Å². The summed E-state index contributed by atoms with van der Waals surface area (Å²) in [6.07, 6.45) is 1.70. The molecule has 0 amide bonds. The predicted octanol–water partition coefficient (Wildman–Crippen LogP) is 2.95. The van der Waals surface area contributed by atoms with Gasteiger partial charge in [-0.1, -0.05) is 0 Å². The smallest absolute Gasteiger partial charge is 0.0797 e. The molecule has 4 heteroatoms. The highest BCUT2D eigenvalue weighted by atomic mass is 32.1. The largest absolute Gasteiger partial charge is 0.381 e. The second kappa shape index (κ2) is 5.97. The van der Waals surface area contributed by atoms with Crippen LogP contribution in [0.2, 0.25) is 0 Å². The minimum atomic E-state index is -0.277. The molecule has 1 aromatic rings. The van der Waals surface area contributed by atoms with Gasteiger partial charge in [-0.15, -0.1) is 11.3 Å². The van der Waals surface area contributed by atoms with Gasteiger partial charge in [-0.25, -0.2) is 4.98 Å². The number of aryl methyl sites for hydroxylation is 1. The van der Waals surface area contributed by atoms with Gasteiger partial charge in [0.2, 0.25) is 0 Å². The number of nitriles is 1. The van der Waals surface area contributed by atoms with Crippen LogP contribution in [-0.4, -0.2) is 18.2 Å². The molecule has 0 aliphatic heterocycles. The van der Waals surface area contributed by atoms with Crippen LogP contribution in [0.5, 0.6) is 0 Å². The Bertz CT molecular complexity index is 365. The first kappa shape index (κ1) is 13.1. The number of nitrogens with zero attached hydrogens (tertiary/aromatic N) is 2. The molecular formula is C12H18N2OS. The summed E-state index contributed by atoms with van der Waals surface area (Å²) in [6.45, 7) is 7.25. The van der Waals surface area contributed by atoms with Gasteiger partial charge >= 0.3 is 0 Å². The molecule has 0 N–H and O–H groups in total. The third-order valence-corrected chi connectivity index (χ3v) is 3.49. The van der Waals surface area contributed by atoms with Crippen molar-refractivity contribution in [2.24, 2.45) is 5.41 Å². The molecule has 0 aliphatic carbocycles. The van der Waals surface area contributed by atoms with E-state index >= 15 is 0 Å². The summed E-state index contributed by atoms with van der Waals surface area (Å²) in [5, 5.41) is 8.83. The van der Waals surface area contributed by atoms with Crippen LogP contribution >= 0.6 is 11.3 Å². The molecule has 0 spiro atoms. The summed E-state index contributed by atoms with van der Waals surface area (Å²) in [6, 6.07) is 2.27. The van der Waals surface area contributed by atoms with E-state index in [0.717, 1.165) is 18.5 Å². The van der Waals surface area contributed by atoms with Crippen molar-refractivity contribution in [2.45, 2.75) is 33.6 Å². The van der Waals surface area contributed by atoms with Crippen molar-refractivity contribution < 1.29 is 4.74 Å². The Hall–Kier alpha value is -0.920. The average Bonchev–Trinajstić information content (AvgIpc) is 2.64. The SMILES string of the molecule is Cc1ncsc1CCOCCC(C)(C)C#N. The van der Waals surface area contributed by atoms with E-state index in [1.807, 2.05) is 26.3 Å². The highest BCUT2D eigenvalue weighted by Gasteiger charge is 2.15. The van der Waals surface area contributed by atoms with E-state index in [1.165, 1.54) is 4.88 Å². The van der Waals surface area contributed by atoms with Gasteiger partial charge in [0.05, 0.1) is 29.3 Å². The van der Waals surface area contributed by atoms with Crippen molar-refractivity contribution in [2.75, 3.05) is 13.2 Å². The van der Waals surface area contributed by atoms with Crippen LogP contribution in [0.1, 0.15) is 30.8 Å². The van der Waals surface area contributed by atoms with Gasteiger partial charge in [0, 0.05) is 17.9 Å². The monoisotopic (exact) mass is 238 g/mol. The molecule has 3 nitrogen and oxygen atoms in total. The van der Waals surface area contributed by atoms with Crippen LogP contribution < -0.4 is 0 Å². The Morgan fingerprint density at radius 1 is 1.50 bits per heavy atom. The molecule has 0 aromatic carbocycles. The van der Waals surface area contributed by atoms with Gasteiger partial charge in [0.1, 0.15) is 0 Å². The van der Waals surface area contributed by atoms with Gasteiger partial charge in [0.25, 0.3) is 0 Å². The Morgan fingerprint density at radius 2 is 2.25 bits per heavy atom. The zero-order valence-corrected chi connectivity index (χ0v) is 10.9. The van der Waals surface area contributed by atoms with Crippen LogP contribution in [0.15, 0.2) is 5.51 Å². The Kier molecular flexibility index (Phi) is 4.91. The maximum absolute atomic E-state index is 8.83. The Morgan fingerprint density at radius 3 is 2.81 bits per heavy atom. The molecule has 0 bridgehead atoms. The van der Waals surface area contributed by atoms with E-state index in [0.29, 0.717) is 13.2 Å². The number of hydrogen-bond donors (Lipinski definition) is 0. The normalized spacial score (nSPS) is 11.4. The first-order valence-corrected chi connectivity index (χ1v) is 6.31. The zero-order chi connectivity index (χ0) is 12.0. The molecule has 0 saturated heterocycles. The summed E-state index contributed by atoms with van der Waals surface area (Å²) < 4.78 is 5.53. The first-order chi connectivity index (χ1) is 7.55. The van der Waals surface area contributed by atoms with Gasteiger partial charge < -0.3 is 4.74 Å². The minimum Gasteiger partial charge on any atom is -0.381 e.